The van der Waals surface area contributed by atoms with E-state index in [0.29, 0.717) is 34.1 Å². The number of carbonyl (C=O) groups excluding carboxylic acids is 2. The van der Waals surface area contributed by atoms with E-state index in [2.05, 4.69) is 19.9 Å². The van der Waals surface area contributed by atoms with Gasteiger partial charge in [-0.2, -0.15) is 0 Å². The van der Waals surface area contributed by atoms with E-state index in [-0.39, 0.29) is 11.6 Å². The van der Waals surface area contributed by atoms with Gasteiger partial charge in [0.15, 0.2) is 11.6 Å². The summed E-state index contributed by atoms with van der Waals surface area (Å²) in [6, 6.07) is 13.0. The molecular weight excluding hydrogens is 364 g/mol. The molecule has 1 aromatic carbocycles. The number of rotatable bonds is 6. The molecule has 29 heavy (non-hydrogen) atoms. The summed E-state index contributed by atoms with van der Waals surface area (Å²) >= 11 is 0. The predicted octanol–water partition coefficient (Wildman–Crippen LogP) is 5.67. The number of benzene rings is 1. The molecule has 0 atom stereocenters. The first-order chi connectivity index (χ1) is 13.8. The maximum absolute atomic E-state index is 13.5. The first-order valence-corrected chi connectivity index (χ1v) is 9.63. The fourth-order valence-corrected chi connectivity index (χ4v) is 3.62. The Morgan fingerprint density at radius 1 is 0.862 bits per heavy atom. The molecule has 0 bridgehead atoms. The number of fused-ring (bicyclic) bond motifs is 1. The molecule has 2 aliphatic carbocycles. The van der Waals surface area contributed by atoms with E-state index >= 15 is 0 Å². The molecule has 3 rings (SSSR count). The maximum Gasteiger partial charge on any atom is 0.197 e. The van der Waals surface area contributed by atoms with Gasteiger partial charge in [-0.1, -0.05) is 32.0 Å². The highest BCUT2D eigenvalue weighted by atomic mass is 16.5. The van der Waals surface area contributed by atoms with Gasteiger partial charge in [0.25, 0.3) is 0 Å². The highest BCUT2D eigenvalue weighted by molar-refractivity contribution is 6.18. The van der Waals surface area contributed by atoms with Crippen molar-refractivity contribution in [3.05, 3.63) is 70.3 Å². The second-order valence-electron chi connectivity index (χ2n) is 7.53. The number of methoxy groups -OCH3 is 2. The molecule has 0 saturated carbocycles. The first kappa shape index (κ1) is 20.6. The van der Waals surface area contributed by atoms with Gasteiger partial charge in [0, 0.05) is 17.2 Å². The largest absolute Gasteiger partial charge is 0.497 e. The fraction of sp³-hybridized carbons (Fsp3) is 0.280. The van der Waals surface area contributed by atoms with Gasteiger partial charge in [-0.3, -0.25) is 9.59 Å². The third-order valence-corrected chi connectivity index (χ3v) is 5.29. The second kappa shape index (κ2) is 8.08. The van der Waals surface area contributed by atoms with Crippen molar-refractivity contribution in [1.82, 2.24) is 0 Å². The Bertz CT molecular complexity index is 1060. The van der Waals surface area contributed by atoms with Crippen LogP contribution >= 0.6 is 0 Å². The molecule has 0 aromatic heterocycles. The summed E-state index contributed by atoms with van der Waals surface area (Å²) < 4.78 is 10.7. The summed E-state index contributed by atoms with van der Waals surface area (Å²) in [6.07, 6.45) is 0. The number of hydrogen-bond donors (Lipinski definition) is 0. The molecule has 2 aliphatic rings. The first-order valence-electron chi connectivity index (χ1n) is 9.63. The number of carbonyl (C=O) groups is 2. The average molecular weight is 390 g/mol. The van der Waals surface area contributed by atoms with E-state index in [4.69, 9.17) is 9.47 Å². The number of ketones is 2. The zero-order chi connectivity index (χ0) is 21.3. The molecule has 0 amide bonds. The Hall–Kier alpha value is -3.14. The molecule has 4 nitrogen and oxygen atoms in total. The quantitative estimate of drug-likeness (QED) is 0.509. The third-order valence-electron chi connectivity index (χ3n) is 5.29. The van der Waals surface area contributed by atoms with Crippen LogP contribution in [0.1, 0.15) is 64.1 Å². The van der Waals surface area contributed by atoms with Crippen LogP contribution in [0.15, 0.2) is 42.5 Å². The number of Topliss-reactive ketones (excluding diaryl/α,β-unsaturated/α-hetero) is 1. The molecule has 150 valence electrons. The molecule has 1 aromatic rings. The second-order valence-corrected chi connectivity index (χ2v) is 7.53. The van der Waals surface area contributed by atoms with Gasteiger partial charge < -0.3 is 9.47 Å². The van der Waals surface area contributed by atoms with Crippen molar-refractivity contribution in [1.29, 1.82) is 0 Å². The van der Waals surface area contributed by atoms with Crippen LogP contribution in [0.3, 0.4) is 0 Å². The molecule has 0 heterocycles. The highest BCUT2D eigenvalue weighted by Crippen LogP contribution is 2.39. The number of ether oxygens (including phenoxy) is 2. The monoisotopic (exact) mass is 390 g/mol. The van der Waals surface area contributed by atoms with Crippen LogP contribution in [0.25, 0.3) is 11.1 Å². The van der Waals surface area contributed by atoms with Crippen molar-refractivity contribution in [2.75, 3.05) is 14.2 Å². The molecule has 0 N–H and O–H groups in total. The Labute approximate surface area is 171 Å². The van der Waals surface area contributed by atoms with Crippen molar-refractivity contribution in [3.63, 3.8) is 0 Å². The van der Waals surface area contributed by atoms with E-state index in [1.807, 2.05) is 19.1 Å². The lowest BCUT2D eigenvalue weighted by atomic mass is 9.96. The van der Waals surface area contributed by atoms with Gasteiger partial charge in [-0.15, -0.1) is 0 Å². The molecule has 4 heteroatoms. The predicted molar refractivity (Wildman–Crippen MR) is 115 cm³/mol. The number of hydrogen-bond acceptors (Lipinski definition) is 4. The summed E-state index contributed by atoms with van der Waals surface area (Å²) in [4.78, 5) is 25.9. The van der Waals surface area contributed by atoms with Gasteiger partial charge in [-0.05, 0) is 60.2 Å². The van der Waals surface area contributed by atoms with Crippen LogP contribution in [0.2, 0.25) is 0 Å². The van der Waals surface area contributed by atoms with Crippen molar-refractivity contribution in [3.8, 4) is 22.6 Å². The van der Waals surface area contributed by atoms with Crippen LogP contribution in [0.5, 0.6) is 11.5 Å². The van der Waals surface area contributed by atoms with E-state index in [1.165, 1.54) is 14.0 Å². The molecule has 0 radical (unpaired) electrons. The Morgan fingerprint density at radius 3 is 2.17 bits per heavy atom. The normalized spacial score (nSPS) is 11.0. The molecular formula is C25H26O4. The fourth-order valence-electron chi connectivity index (χ4n) is 3.62. The zero-order valence-corrected chi connectivity index (χ0v) is 17.8. The Balaban J connectivity index is 2.29. The van der Waals surface area contributed by atoms with E-state index in [9.17, 15) is 9.59 Å². The van der Waals surface area contributed by atoms with Gasteiger partial charge in [0.1, 0.15) is 11.5 Å². The molecule has 0 spiro atoms. The lowest BCUT2D eigenvalue weighted by Gasteiger charge is -2.10. The minimum absolute atomic E-state index is 0.0591. The van der Waals surface area contributed by atoms with Crippen LogP contribution in [-0.2, 0) is 0 Å². The molecule has 0 saturated heterocycles. The Morgan fingerprint density at radius 2 is 1.59 bits per heavy atom. The van der Waals surface area contributed by atoms with E-state index in [1.54, 1.807) is 31.4 Å². The third kappa shape index (κ3) is 3.75. The Kier molecular flexibility index (Phi) is 5.73. The zero-order valence-electron chi connectivity index (χ0n) is 17.8. The standard InChI is InChI=1S/C25H26O4/c1-14(2)17-8-7-15(3)24-20(16(4)26)13-22(21(24)11-17)25(27)19-10-9-18(28-5)12-23(19)29-6/h7-14H,1-6H3. The summed E-state index contributed by atoms with van der Waals surface area (Å²) in [5.74, 6) is 1.10. The van der Waals surface area contributed by atoms with Crippen LogP contribution in [-0.4, -0.2) is 25.8 Å². The summed E-state index contributed by atoms with van der Waals surface area (Å²) in [6.45, 7) is 7.73. The number of aryl methyl sites for hydroxylation is 1. The van der Waals surface area contributed by atoms with Gasteiger partial charge in [0.2, 0.25) is 0 Å². The lowest BCUT2D eigenvalue weighted by Crippen LogP contribution is -2.04. The van der Waals surface area contributed by atoms with Crippen molar-refractivity contribution >= 4 is 11.6 Å². The summed E-state index contributed by atoms with van der Waals surface area (Å²) in [5.41, 5.74) is 5.22. The van der Waals surface area contributed by atoms with E-state index in [0.717, 1.165) is 22.3 Å². The van der Waals surface area contributed by atoms with Gasteiger partial charge >= 0.3 is 0 Å². The average Bonchev–Trinajstić information content (AvgIpc) is 3.00. The van der Waals surface area contributed by atoms with Crippen LogP contribution in [0, 0.1) is 6.92 Å². The van der Waals surface area contributed by atoms with Crippen molar-refractivity contribution < 1.29 is 19.1 Å². The van der Waals surface area contributed by atoms with Gasteiger partial charge in [0.05, 0.1) is 19.8 Å². The minimum Gasteiger partial charge on any atom is -0.497 e. The highest BCUT2D eigenvalue weighted by Gasteiger charge is 2.26. The smallest absolute Gasteiger partial charge is 0.197 e. The molecule has 0 aliphatic heterocycles. The lowest BCUT2D eigenvalue weighted by molar-refractivity contribution is 0.101. The molecule has 0 unspecified atom stereocenters. The van der Waals surface area contributed by atoms with Crippen LogP contribution < -0.4 is 9.47 Å². The minimum atomic E-state index is -0.178. The van der Waals surface area contributed by atoms with Gasteiger partial charge in [-0.25, -0.2) is 0 Å². The molecule has 0 fully saturated rings. The van der Waals surface area contributed by atoms with Crippen LogP contribution in [0.4, 0.5) is 0 Å². The van der Waals surface area contributed by atoms with E-state index < -0.39 is 0 Å². The SMILES string of the molecule is COc1ccc(C(=O)c2cc(C(C)=O)c3c(C)ccc(C(C)C)cc2-3)c(OC)c1. The summed E-state index contributed by atoms with van der Waals surface area (Å²) in [7, 11) is 3.09. The maximum atomic E-state index is 13.5. The van der Waals surface area contributed by atoms with Crippen molar-refractivity contribution in [2.24, 2.45) is 0 Å². The topological polar surface area (TPSA) is 52.6 Å². The summed E-state index contributed by atoms with van der Waals surface area (Å²) in [5, 5.41) is 0. The van der Waals surface area contributed by atoms with Crippen molar-refractivity contribution in [2.45, 2.75) is 33.6 Å².